The molecule has 4 heterocycles. The van der Waals surface area contributed by atoms with Crippen molar-refractivity contribution >= 4 is 11.8 Å². The summed E-state index contributed by atoms with van der Waals surface area (Å²) in [7, 11) is 0. The largest absolute Gasteiger partial charge is 0.352 e. The van der Waals surface area contributed by atoms with Crippen LogP contribution < -0.4 is 10.6 Å². The highest BCUT2D eigenvalue weighted by molar-refractivity contribution is 5.93. The summed E-state index contributed by atoms with van der Waals surface area (Å²) in [6.07, 6.45) is 33.3. The van der Waals surface area contributed by atoms with E-state index in [4.69, 9.17) is 0 Å². The van der Waals surface area contributed by atoms with Crippen molar-refractivity contribution in [2.24, 2.45) is 23.2 Å². The molecule has 272 valence electrons. The van der Waals surface area contributed by atoms with E-state index in [-0.39, 0.29) is 17.2 Å². The van der Waals surface area contributed by atoms with Crippen molar-refractivity contribution in [2.75, 3.05) is 39.3 Å². The molecule has 0 saturated carbocycles. The first-order valence-corrected chi connectivity index (χ1v) is 19.5. The first kappa shape index (κ1) is 38.0. The van der Waals surface area contributed by atoms with Crippen LogP contribution in [0.5, 0.6) is 0 Å². The van der Waals surface area contributed by atoms with Crippen molar-refractivity contribution in [1.82, 2.24) is 20.4 Å². The summed E-state index contributed by atoms with van der Waals surface area (Å²) in [5, 5.41) is 6.38. The molecule has 0 bridgehead atoms. The van der Waals surface area contributed by atoms with Crippen molar-refractivity contribution in [3.05, 3.63) is 94.7 Å². The minimum atomic E-state index is 0.0132. The molecule has 4 fully saturated rings. The lowest BCUT2D eigenvalue weighted by molar-refractivity contribution is -0.118. The van der Waals surface area contributed by atoms with Crippen LogP contribution in [-0.2, 0) is 9.59 Å². The lowest BCUT2D eigenvalue weighted by atomic mass is 9.68. The van der Waals surface area contributed by atoms with Crippen LogP contribution in [0.1, 0.15) is 92.9 Å². The molecule has 6 heteroatoms. The highest BCUT2D eigenvalue weighted by Crippen LogP contribution is 2.42. The van der Waals surface area contributed by atoms with Gasteiger partial charge in [-0.05, 0) is 129 Å². The minimum Gasteiger partial charge on any atom is -0.352 e. The molecule has 0 aromatic heterocycles. The van der Waals surface area contributed by atoms with Gasteiger partial charge in [0.05, 0.1) is 0 Å². The Bertz CT molecular complexity index is 1470. The zero-order valence-corrected chi connectivity index (χ0v) is 31.8. The third-order valence-corrected chi connectivity index (χ3v) is 12.2. The van der Waals surface area contributed by atoms with Gasteiger partial charge in [-0.2, -0.15) is 0 Å². The molecule has 0 radical (unpaired) electrons. The maximum absolute atomic E-state index is 12.8. The van der Waals surface area contributed by atoms with E-state index in [2.05, 4.69) is 90.7 Å². The van der Waals surface area contributed by atoms with Gasteiger partial charge >= 0.3 is 0 Å². The molecule has 50 heavy (non-hydrogen) atoms. The molecule has 0 aromatic rings. The Morgan fingerprint density at radius 1 is 0.760 bits per heavy atom. The Hall–Kier alpha value is -3.22. The second kappa shape index (κ2) is 17.8. The zero-order chi connectivity index (χ0) is 35.7. The normalized spacial score (nSPS) is 31.6. The van der Waals surface area contributed by atoms with Crippen molar-refractivity contribution in [3.8, 4) is 0 Å². The van der Waals surface area contributed by atoms with Gasteiger partial charge in [-0.15, -0.1) is 0 Å². The number of carbonyl (C=O) groups is 2. The van der Waals surface area contributed by atoms with Gasteiger partial charge in [0.15, 0.2) is 0 Å². The molecule has 6 atom stereocenters. The average Bonchev–Trinajstić information content (AvgIpc) is 3.89. The quantitative estimate of drug-likeness (QED) is 0.118. The molecule has 5 aliphatic rings. The van der Waals surface area contributed by atoms with Crippen molar-refractivity contribution in [3.63, 3.8) is 0 Å². The van der Waals surface area contributed by atoms with Crippen LogP contribution in [0.3, 0.4) is 0 Å². The molecule has 4 saturated heterocycles. The van der Waals surface area contributed by atoms with Crippen molar-refractivity contribution in [1.29, 1.82) is 0 Å². The number of hydrogen-bond acceptors (Lipinski definition) is 4. The van der Waals surface area contributed by atoms with Gasteiger partial charge in [-0.3, -0.25) is 9.59 Å². The molecular formula is C44H64N4O2. The highest BCUT2D eigenvalue weighted by Gasteiger charge is 2.38. The van der Waals surface area contributed by atoms with Crippen LogP contribution in [0, 0.1) is 23.2 Å². The maximum Gasteiger partial charge on any atom is 0.246 e. The number of nitrogens with one attached hydrogen (secondary N) is 2. The standard InChI is InChI=1S/C44H64N4O2/c1-32(12-7-15-35(4)42(49)45-30-37-20-26-47-24-10-17-40(37)47)14-9-22-44(6)23-19-34(3)29-39(44)28-33(2)13-8-16-36(5)43(50)46-31-38-21-27-48-25-11-18-41(38)48/h7-9,12-16,22,28-29,37-41H,10-11,17-21,23-27,30-31H2,1-6H3,(H,45,49)(H,46,50)/b12-7-,13-8+,22-9+,32-14+,33-28+,35-15+,36-16+/t37?,38?,39-,40?,41?,44-/m0/s1. The average molecular weight is 681 g/mol. The van der Waals surface area contributed by atoms with E-state index in [0.29, 0.717) is 29.8 Å². The Balaban J connectivity index is 1.10. The smallest absolute Gasteiger partial charge is 0.246 e. The first-order valence-electron chi connectivity index (χ1n) is 19.5. The molecule has 2 N–H and O–H groups in total. The molecule has 0 spiro atoms. The Kier molecular flexibility index (Phi) is 13.5. The molecule has 6 nitrogen and oxygen atoms in total. The van der Waals surface area contributed by atoms with E-state index in [1.807, 2.05) is 38.2 Å². The van der Waals surface area contributed by atoms with Crippen LogP contribution in [0.4, 0.5) is 0 Å². The lowest BCUT2D eigenvalue weighted by Gasteiger charge is -2.36. The second-order valence-electron chi connectivity index (χ2n) is 16.2. The van der Waals surface area contributed by atoms with E-state index in [0.717, 1.165) is 42.7 Å². The summed E-state index contributed by atoms with van der Waals surface area (Å²) in [5.74, 6) is 1.56. The zero-order valence-electron chi connectivity index (χ0n) is 31.8. The molecule has 1 aliphatic carbocycles. The van der Waals surface area contributed by atoms with Gasteiger partial charge in [0, 0.05) is 42.2 Å². The van der Waals surface area contributed by atoms with Crippen LogP contribution in [0.15, 0.2) is 94.7 Å². The third kappa shape index (κ3) is 10.2. The summed E-state index contributed by atoms with van der Waals surface area (Å²) in [4.78, 5) is 30.7. The Morgan fingerprint density at radius 3 is 1.86 bits per heavy atom. The summed E-state index contributed by atoms with van der Waals surface area (Å²) >= 11 is 0. The number of allylic oxidation sites excluding steroid dienone is 14. The second-order valence-corrected chi connectivity index (χ2v) is 16.2. The molecule has 4 unspecified atom stereocenters. The highest BCUT2D eigenvalue weighted by atomic mass is 16.2. The summed E-state index contributed by atoms with van der Waals surface area (Å²) in [6.45, 7) is 19.0. The molecule has 4 aliphatic heterocycles. The Labute approximate surface area is 303 Å². The van der Waals surface area contributed by atoms with Crippen LogP contribution in [0.25, 0.3) is 0 Å². The van der Waals surface area contributed by atoms with Gasteiger partial charge in [-0.1, -0.05) is 90.5 Å². The van der Waals surface area contributed by atoms with E-state index in [9.17, 15) is 9.59 Å². The Morgan fingerprint density at radius 2 is 1.30 bits per heavy atom. The SMILES string of the molecule is CC1=C[C@H](/C=C(C)/C=C/C=C(\C)C(=O)NCC2CCN3CCCC23)[C@@](C)(/C=C/C=C(C)/C=C\C=C(/C)C(=O)NCC2CCN3CCCC23)CC1. The number of rotatable bonds is 13. The van der Waals surface area contributed by atoms with Crippen molar-refractivity contribution in [2.45, 2.75) is 105 Å². The predicted octanol–water partition coefficient (Wildman–Crippen LogP) is 8.00. The molecule has 2 amide bonds. The minimum absolute atomic E-state index is 0.0132. The lowest BCUT2D eigenvalue weighted by Crippen LogP contribution is -2.35. The molecule has 5 rings (SSSR count). The number of hydrogen-bond donors (Lipinski definition) is 2. The third-order valence-electron chi connectivity index (χ3n) is 12.2. The van der Waals surface area contributed by atoms with Crippen molar-refractivity contribution < 1.29 is 9.59 Å². The van der Waals surface area contributed by atoms with E-state index in [1.54, 1.807) is 0 Å². The molecular weight excluding hydrogens is 617 g/mol. The van der Waals surface area contributed by atoms with Gasteiger partial charge in [0.25, 0.3) is 0 Å². The predicted molar refractivity (Wildman–Crippen MR) is 208 cm³/mol. The first-order chi connectivity index (χ1) is 24.0. The molecule has 0 aromatic carbocycles. The summed E-state index contributed by atoms with van der Waals surface area (Å²) in [6, 6.07) is 1.34. The summed E-state index contributed by atoms with van der Waals surface area (Å²) in [5.41, 5.74) is 5.29. The number of nitrogens with zero attached hydrogens (tertiary/aromatic N) is 2. The number of carbonyl (C=O) groups excluding carboxylic acids is 2. The van der Waals surface area contributed by atoms with Gasteiger partial charge < -0.3 is 20.4 Å². The number of amides is 2. The fourth-order valence-corrected chi connectivity index (χ4v) is 8.88. The topological polar surface area (TPSA) is 64.7 Å². The fourth-order valence-electron chi connectivity index (χ4n) is 8.88. The van der Waals surface area contributed by atoms with Gasteiger partial charge in [0.2, 0.25) is 11.8 Å². The van der Waals surface area contributed by atoms with Gasteiger partial charge in [-0.25, -0.2) is 0 Å². The van der Waals surface area contributed by atoms with Crippen LogP contribution in [-0.4, -0.2) is 73.0 Å². The van der Waals surface area contributed by atoms with E-state index >= 15 is 0 Å². The van der Waals surface area contributed by atoms with E-state index < -0.39 is 0 Å². The number of fused-ring (bicyclic) bond motifs is 2. The fraction of sp³-hybridized carbons (Fsp3) is 0.591. The maximum atomic E-state index is 12.8. The van der Waals surface area contributed by atoms with Gasteiger partial charge in [0.1, 0.15) is 0 Å². The summed E-state index contributed by atoms with van der Waals surface area (Å²) < 4.78 is 0. The monoisotopic (exact) mass is 681 g/mol. The van der Waals surface area contributed by atoms with E-state index in [1.165, 1.54) is 75.9 Å². The van der Waals surface area contributed by atoms with Crippen LogP contribution in [0.2, 0.25) is 0 Å². The van der Waals surface area contributed by atoms with Crippen LogP contribution >= 0.6 is 0 Å².